The lowest BCUT2D eigenvalue weighted by atomic mass is 10.1. The summed E-state index contributed by atoms with van der Waals surface area (Å²) in [5.74, 6) is 0. The maximum Gasteiger partial charge on any atom is 0.0491 e. The summed E-state index contributed by atoms with van der Waals surface area (Å²) in [6.45, 7) is 3.43. The number of nitrogens with two attached hydrogens (primary N) is 1. The first kappa shape index (κ1) is 13.2. The minimum Gasteiger partial charge on any atom is -0.343 e. The van der Waals surface area contributed by atoms with Crippen molar-refractivity contribution in [3.63, 3.8) is 0 Å². The molecule has 2 aromatic carbocycles. The molecule has 0 aliphatic carbocycles. The van der Waals surface area contributed by atoms with Crippen molar-refractivity contribution >= 4 is 22.5 Å². The Morgan fingerprint density at radius 1 is 1.15 bits per heavy atom. The number of fused-ring (bicyclic) bond motifs is 1. The molecule has 0 atom stereocenters. The van der Waals surface area contributed by atoms with Crippen LogP contribution in [0.4, 0.5) is 0 Å². The Morgan fingerprint density at radius 3 is 2.70 bits per heavy atom. The molecule has 0 saturated heterocycles. The summed E-state index contributed by atoms with van der Waals surface area (Å²) in [4.78, 5) is 0. The van der Waals surface area contributed by atoms with Gasteiger partial charge in [-0.25, -0.2) is 0 Å². The molecule has 0 saturated carbocycles. The molecule has 2 N–H and O–H groups in total. The number of rotatable bonds is 3. The van der Waals surface area contributed by atoms with Crippen molar-refractivity contribution in [1.82, 2.24) is 4.57 Å². The van der Waals surface area contributed by atoms with Gasteiger partial charge in [0.15, 0.2) is 0 Å². The van der Waals surface area contributed by atoms with E-state index in [9.17, 15) is 0 Å². The van der Waals surface area contributed by atoms with E-state index in [1.807, 2.05) is 12.1 Å². The van der Waals surface area contributed by atoms with Crippen LogP contribution in [-0.4, -0.2) is 4.57 Å². The first-order chi connectivity index (χ1) is 9.69. The van der Waals surface area contributed by atoms with Gasteiger partial charge in [-0.2, -0.15) is 0 Å². The molecular formula is C17H17ClN2. The minimum atomic E-state index is 0.519. The zero-order valence-corrected chi connectivity index (χ0v) is 12.2. The number of aryl methyl sites for hydroxylation is 1. The molecule has 0 aliphatic heterocycles. The molecule has 0 aliphatic rings. The van der Waals surface area contributed by atoms with Crippen LogP contribution >= 0.6 is 11.6 Å². The van der Waals surface area contributed by atoms with Gasteiger partial charge in [0.1, 0.15) is 0 Å². The number of benzene rings is 2. The van der Waals surface area contributed by atoms with Gasteiger partial charge in [-0.05, 0) is 35.7 Å². The maximum atomic E-state index is 6.35. The molecular weight excluding hydrogens is 268 g/mol. The summed E-state index contributed by atoms with van der Waals surface area (Å²) < 4.78 is 2.24. The van der Waals surface area contributed by atoms with Crippen molar-refractivity contribution in [3.05, 3.63) is 70.4 Å². The first-order valence-corrected chi connectivity index (χ1v) is 7.08. The highest BCUT2D eigenvalue weighted by atomic mass is 35.5. The van der Waals surface area contributed by atoms with E-state index < -0.39 is 0 Å². The Kier molecular flexibility index (Phi) is 3.51. The van der Waals surface area contributed by atoms with Gasteiger partial charge in [-0.1, -0.05) is 41.9 Å². The smallest absolute Gasteiger partial charge is 0.0491 e. The number of nitrogens with zero attached hydrogens (tertiary/aromatic N) is 1. The molecule has 0 unspecified atom stereocenters. The van der Waals surface area contributed by atoms with Gasteiger partial charge in [0.25, 0.3) is 0 Å². The second-order valence-electron chi connectivity index (χ2n) is 5.09. The zero-order valence-electron chi connectivity index (χ0n) is 11.4. The Labute approximate surface area is 123 Å². The molecule has 0 fully saturated rings. The van der Waals surface area contributed by atoms with E-state index in [4.69, 9.17) is 17.3 Å². The van der Waals surface area contributed by atoms with Crippen LogP contribution in [0.25, 0.3) is 10.9 Å². The molecule has 1 aromatic heterocycles. The highest BCUT2D eigenvalue weighted by molar-refractivity contribution is 6.31. The Bertz CT molecular complexity index is 759. The standard InChI is InChI=1S/C17H17ClN2/c1-12-10-20(17-5-3-2-4-15(12)17)11-14-7-6-13(9-19)8-16(14)18/h2-8,10H,9,11,19H2,1H3. The molecule has 3 aromatic rings. The van der Waals surface area contributed by atoms with Gasteiger partial charge in [0.05, 0.1) is 0 Å². The van der Waals surface area contributed by atoms with Crippen molar-refractivity contribution in [2.75, 3.05) is 0 Å². The molecule has 1 heterocycles. The van der Waals surface area contributed by atoms with Crippen LogP contribution in [0.1, 0.15) is 16.7 Å². The number of hydrogen-bond acceptors (Lipinski definition) is 1. The van der Waals surface area contributed by atoms with Crippen LogP contribution < -0.4 is 5.73 Å². The Hall–Kier alpha value is -1.77. The fourth-order valence-corrected chi connectivity index (χ4v) is 2.85. The second kappa shape index (κ2) is 5.31. The van der Waals surface area contributed by atoms with Gasteiger partial charge in [0.2, 0.25) is 0 Å². The summed E-state index contributed by atoms with van der Waals surface area (Å²) in [6.07, 6.45) is 2.18. The highest BCUT2D eigenvalue weighted by Crippen LogP contribution is 2.24. The van der Waals surface area contributed by atoms with Gasteiger partial charge in [0, 0.05) is 35.2 Å². The zero-order chi connectivity index (χ0) is 14.1. The number of hydrogen-bond donors (Lipinski definition) is 1. The quantitative estimate of drug-likeness (QED) is 0.771. The Balaban J connectivity index is 2.01. The Morgan fingerprint density at radius 2 is 1.95 bits per heavy atom. The lowest BCUT2D eigenvalue weighted by molar-refractivity contribution is 0.833. The van der Waals surface area contributed by atoms with E-state index in [1.165, 1.54) is 16.5 Å². The van der Waals surface area contributed by atoms with Crippen LogP contribution in [-0.2, 0) is 13.1 Å². The third kappa shape index (κ3) is 2.33. The molecule has 0 radical (unpaired) electrons. The highest BCUT2D eigenvalue weighted by Gasteiger charge is 2.07. The van der Waals surface area contributed by atoms with Gasteiger partial charge in [-0.15, -0.1) is 0 Å². The summed E-state index contributed by atoms with van der Waals surface area (Å²) in [5.41, 5.74) is 10.3. The van der Waals surface area contributed by atoms with E-state index in [-0.39, 0.29) is 0 Å². The largest absolute Gasteiger partial charge is 0.343 e. The van der Waals surface area contributed by atoms with Gasteiger partial charge < -0.3 is 10.3 Å². The molecule has 20 heavy (non-hydrogen) atoms. The average Bonchev–Trinajstić information content (AvgIpc) is 2.78. The van der Waals surface area contributed by atoms with E-state index in [0.717, 1.165) is 22.7 Å². The number of halogens is 1. The maximum absolute atomic E-state index is 6.35. The molecule has 102 valence electrons. The number of aromatic nitrogens is 1. The van der Waals surface area contributed by atoms with Crippen LogP contribution in [0, 0.1) is 6.92 Å². The topological polar surface area (TPSA) is 30.9 Å². The van der Waals surface area contributed by atoms with Crippen molar-refractivity contribution < 1.29 is 0 Å². The van der Waals surface area contributed by atoms with E-state index in [1.54, 1.807) is 0 Å². The van der Waals surface area contributed by atoms with Crippen molar-refractivity contribution in [3.8, 4) is 0 Å². The fraction of sp³-hybridized carbons (Fsp3) is 0.176. The summed E-state index contributed by atoms with van der Waals surface area (Å²) in [6, 6.07) is 14.5. The third-order valence-corrected chi connectivity index (χ3v) is 4.03. The summed E-state index contributed by atoms with van der Waals surface area (Å²) in [5, 5.41) is 2.07. The lowest BCUT2D eigenvalue weighted by Crippen LogP contribution is -2.01. The SMILES string of the molecule is Cc1cn(Cc2ccc(CN)cc2Cl)c2ccccc12. The predicted octanol–water partition coefficient (Wildman–Crippen LogP) is 4.11. The van der Waals surface area contributed by atoms with Gasteiger partial charge in [-0.3, -0.25) is 0 Å². The average molecular weight is 285 g/mol. The lowest BCUT2D eigenvalue weighted by Gasteiger charge is -2.09. The van der Waals surface area contributed by atoms with E-state index in [0.29, 0.717) is 6.54 Å². The van der Waals surface area contributed by atoms with Crippen LogP contribution in [0.15, 0.2) is 48.7 Å². The number of para-hydroxylation sites is 1. The van der Waals surface area contributed by atoms with Crippen molar-refractivity contribution in [2.45, 2.75) is 20.0 Å². The van der Waals surface area contributed by atoms with Gasteiger partial charge >= 0.3 is 0 Å². The first-order valence-electron chi connectivity index (χ1n) is 6.71. The molecule has 2 nitrogen and oxygen atoms in total. The minimum absolute atomic E-state index is 0.519. The van der Waals surface area contributed by atoms with Crippen molar-refractivity contribution in [1.29, 1.82) is 0 Å². The van der Waals surface area contributed by atoms with Crippen LogP contribution in [0.5, 0.6) is 0 Å². The van der Waals surface area contributed by atoms with E-state index >= 15 is 0 Å². The van der Waals surface area contributed by atoms with Crippen molar-refractivity contribution in [2.24, 2.45) is 5.73 Å². The monoisotopic (exact) mass is 284 g/mol. The molecule has 0 bridgehead atoms. The molecule has 0 spiro atoms. The second-order valence-corrected chi connectivity index (χ2v) is 5.49. The third-order valence-electron chi connectivity index (χ3n) is 3.68. The molecule has 3 heteroatoms. The van der Waals surface area contributed by atoms with E-state index in [2.05, 4.69) is 48.0 Å². The summed E-state index contributed by atoms with van der Waals surface area (Å²) >= 11 is 6.35. The fourth-order valence-electron chi connectivity index (χ4n) is 2.59. The molecule has 3 rings (SSSR count). The van der Waals surface area contributed by atoms with Crippen LogP contribution in [0.2, 0.25) is 5.02 Å². The molecule has 0 amide bonds. The normalized spacial score (nSPS) is 11.2. The summed E-state index contributed by atoms with van der Waals surface area (Å²) in [7, 11) is 0. The van der Waals surface area contributed by atoms with Crippen LogP contribution in [0.3, 0.4) is 0 Å². The predicted molar refractivity (Wildman–Crippen MR) is 85.1 cm³/mol.